The van der Waals surface area contributed by atoms with Gasteiger partial charge in [0.25, 0.3) is 5.91 Å². The van der Waals surface area contributed by atoms with E-state index < -0.39 is 0 Å². The van der Waals surface area contributed by atoms with Crippen LogP contribution in [0, 0.1) is 23.2 Å². The fourth-order valence-corrected chi connectivity index (χ4v) is 5.52. The van der Waals surface area contributed by atoms with Gasteiger partial charge >= 0.3 is 0 Å². The van der Waals surface area contributed by atoms with Gasteiger partial charge in [0, 0.05) is 16.7 Å². The number of nitrogens with zero attached hydrogens (tertiary/aromatic N) is 1. The molecule has 4 nitrogen and oxygen atoms in total. The third-order valence-corrected chi connectivity index (χ3v) is 6.24. The molecule has 4 aliphatic rings. The third kappa shape index (κ3) is 2.64. The fourth-order valence-electron chi connectivity index (χ4n) is 5.52. The average Bonchev–Trinajstić information content (AvgIpc) is 2.51. The van der Waals surface area contributed by atoms with Crippen LogP contribution in [0.25, 0.3) is 0 Å². The average molecular weight is 312 g/mol. The van der Waals surface area contributed by atoms with E-state index in [1.54, 1.807) is 18.2 Å². The Morgan fingerprint density at radius 2 is 1.78 bits per heavy atom. The minimum atomic E-state index is -0.259. The number of carbonyl (C=O) groups excluding carboxylic acids is 1. The van der Waals surface area contributed by atoms with Crippen molar-refractivity contribution in [1.82, 2.24) is 5.43 Å². The number of carbonyl (C=O) groups is 1. The molecule has 0 heterocycles. The van der Waals surface area contributed by atoms with E-state index >= 15 is 0 Å². The highest BCUT2D eigenvalue weighted by atomic mass is 16.3. The molecule has 4 heteroatoms. The molecule has 2 N–H and O–H groups in total. The predicted octanol–water partition coefficient (Wildman–Crippen LogP) is 3.71. The number of amides is 1. The molecule has 0 saturated heterocycles. The molecular formula is C19H24N2O2. The van der Waals surface area contributed by atoms with E-state index in [9.17, 15) is 9.90 Å². The van der Waals surface area contributed by atoms with E-state index in [-0.39, 0.29) is 17.1 Å². The van der Waals surface area contributed by atoms with Gasteiger partial charge in [0.1, 0.15) is 5.75 Å². The summed E-state index contributed by atoms with van der Waals surface area (Å²) >= 11 is 0. The second-order valence-corrected chi connectivity index (χ2v) is 7.89. The van der Waals surface area contributed by atoms with E-state index in [0.29, 0.717) is 5.56 Å². The van der Waals surface area contributed by atoms with Gasteiger partial charge in [-0.2, -0.15) is 5.10 Å². The molecule has 4 aliphatic carbocycles. The Balaban J connectivity index is 1.49. The first-order chi connectivity index (χ1) is 11.0. The minimum absolute atomic E-state index is 0.0967. The highest BCUT2D eigenvalue weighted by Crippen LogP contribution is 2.60. The molecule has 1 amide bonds. The summed E-state index contributed by atoms with van der Waals surface area (Å²) in [5.74, 6) is 2.44. The van der Waals surface area contributed by atoms with Crippen molar-refractivity contribution in [1.29, 1.82) is 0 Å². The zero-order valence-corrected chi connectivity index (χ0v) is 13.6. The van der Waals surface area contributed by atoms with Crippen LogP contribution in [0.15, 0.2) is 29.4 Å². The molecule has 23 heavy (non-hydrogen) atoms. The molecular weight excluding hydrogens is 288 g/mol. The molecule has 0 aromatic heterocycles. The maximum atomic E-state index is 12.2. The highest BCUT2D eigenvalue weighted by molar-refractivity contribution is 5.96. The Morgan fingerprint density at radius 3 is 2.35 bits per heavy atom. The topological polar surface area (TPSA) is 61.7 Å². The lowest BCUT2D eigenvalue weighted by molar-refractivity contribution is -0.0128. The van der Waals surface area contributed by atoms with Crippen LogP contribution in [-0.2, 0) is 0 Å². The van der Waals surface area contributed by atoms with E-state index in [1.807, 2.05) is 0 Å². The maximum Gasteiger partial charge on any atom is 0.271 e. The fraction of sp³-hybridized carbons (Fsp3) is 0.579. The lowest BCUT2D eigenvalue weighted by atomic mass is 9.48. The molecule has 0 unspecified atom stereocenters. The summed E-state index contributed by atoms with van der Waals surface area (Å²) in [6.45, 7) is 2.08. The summed E-state index contributed by atoms with van der Waals surface area (Å²) in [6.07, 6.45) is 7.95. The predicted molar refractivity (Wildman–Crippen MR) is 89.3 cm³/mol. The van der Waals surface area contributed by atoms with Crippen LogP contribution in [-0.4, -0.2) is 16.7 Å². The minimum Gasteiger partial charge on any atom is -0.508 e. The number of nitrogens with one attached hydrogen (secondary N) is 1. The number of hydrazone groups is 1. The van der Waals surface area contributed by atoms with Crippen molar-refractivity contribution in [3.8, 4) is 5.75 Å². The van der Waals surface area contributed by atoms with Crippen LogP contribution in [0.3, 0.4) is 0 Å². The molecule has 5 rings (SSSR count). The Bertz CT molecular complexity index is 630. The number of phenols is 1. The summed E-state index contributed by atoms with van der Waals surface area (Å²) < 4.78 is 0. The molecule has 0 aliphatic heterocycles. The lowest BCUT2D eigenvalue weighted by Gasteiger charge is -2.56. The Labute approximate surface area is 137 Å². The quantitative estimate of drug-likeness (QED) is 0.660. The summed E-state index contributed by atoms with van der Waals surface area (Å²) in [5.41, 5.74) is 4.44. The largest absolute Gasteiger partial charge is 0.508 e. The van der Waals surface area contributed by atoms with Crippen LogP contribution >= 0.6 is 0 Å². The number of benzene rings is 1. The standard InChI is InChI=1S/C19H24N2O2/c1-12(20-21-18(23)16-3-2-4-17(22)8-16)19-9-13-5-14(10-19)7-15(6-13)11-19/h2-4,8,13-15,22H,5-7,9-11H2,1H3,(H,21,23)/b20-12+. The number of aromatic hydroxyl groups is 1. The first-order valence-corrected chi connectivity index (χ1v) is 8.68. The summed E-state index contributed by atoms with van der Waals surface area (Å²) in [4.78, 5) is 12.2. The van der Waals surface area contributed by atoms with Crippen LogP contribution in [0.2, 0.25) is 0 Å². The van der Waals surface area contributed by atoms with Crippen LogP contribution in [0.4, 0.5) is 0 Å². The van der Waals surface area contributed by atoms with Gasteiger partial charge in [-0.25, -0.2) is 5.43 Å². The highest BCUT2D eigenvalue weighted by Gasteiger charge is 2.52. The molecule has 0 atom stereocenters. The number of hydrogen-bond donors (Lipinski definition) is 2. The summed E-state index contributed by atoms with van der Waals surface area (Å²) in [5, 5.41) is 13.9. The smallest absolute Gasteiger partial charge is 0.271 e. The molecule has 1 aromatic carbocycles. The zero-order valence-electron chi connectivity index (χ0n) is 13.6. The van der Waals surface area contributed by atoms with Crippen LogP contribution in [0.1, 0.15) is 55.8 Å². The Hall–Kier alpha value is -1.84. The van der Waals surface area contributed by atoms with Gasteiger partial charge in [-0.05, 0) is 81.4 Å². The van der Waals surface area contributed by atoms with Crippen LogP contribution in [0.5, 0.6) is 5.75 Å². The van der Waals surface area contributed by atoms with Gasteiger partial charge in [0.15, 0.2) is 0 Å². The van der Waals surface area contributed by atoms with E-state index in [4.69, 9.17) is 0 Å². The van der Waals surface area contributed by atoms with Gasteiger partial charge in [-0.15, -0.1) is 0 Å². The Kier molecular flexibility index (Phi) is 3.43. The van der Waals surface area contributed by atoms with Crippen molar-refractivity contribution < 1.29 is 9.90 Å². The SMILES string of the molecule is C/C(=N\NC(=O)c1cccc(O)c1)C12CC3CC(CC(C3)C1)C2. The molecule has 4 fully saturated rings. The number of rotatable bonds is 3. The third-order valence-electron chi connectivity index (χ3n) is 6.24. The molecule has 122 valence electrons. The van der Waals surface area contributed by atoms with Crippen molar-refractivity contribution in [2.45, 2.75) is 45.4 Å². The molecule has 4 saturated carbocycles. The van der Waals surface area contributed by atoms with Gasteiger partial charge in [-0.3, -0.25) is 4.79 Å². The molecule has 0 radical (unpaired) electrons. The molecule has 4 bridgehead atoms. The van der Waals surface area contributed by atoms with E-state index in [1.165, 1.54) is 44.6 Å². The second kappa shape index (κ2) is 5.36. The van der Waals surface area contributed by atoms with Gasteiger partial charge in [-0.1, -0.05) is 6.07 Å². The van der Waals surface area contributed by atoms with Gasteiger partial charge < -0.3 is 5.11 Å². The first kappa shape index (κ1) is 14.7. The zero-order chi connectivity index (χ0) is 16.0. The maximum absolute atomic E-state index is 12.2. The van der Waals surface area contributed by atoms with Crippen LogP contribution < -0.4 is 5.43 Å². The number of hydrogen-bond acceptors (Lipinski definition) is 3. The van der Waals surface area contributed by atoms with E-state index in [0.717, 1.165) is 23.5 Å². The Morgan fingerprint density at radius 1 is 1.17 bits per heavy atom. The first-order valence-electron chi connectivity index (χ1n) is 8.68. The van der Waals surface area contributed by atoms with Crippen molar-refractivity contribution in [2.24, 2.45) is 28.3 Å². The lowest BCUT2D eigenvalue weighted by Crippen LogP contribution is -2.49. The summed E-state index contributed by atoms with van der Waals surface area (Å²) in [6, 6.07) is 6.37. The monoisotopic (exact) mass is 312 g/mol. The van der Waals surface area contributed by atoms with E-state index in [2.05, 4.69) is 17.5 Å². The normalized spacial score (nSPS) is 35.3. The van der Waals surface area contributed by atoms with Gasteiger partial charge in [0.05, 0.1) is 0 Å². The number of phenolic OH excluding ortho intramolecular Hbond substituents is 1. The molecule has 1 aromatic rings. The van der Waals surface area contributed by atoms with Crippen molar-refractivity contribution in [3.05, 3.63) is 29.8 Å². The molecule has 0 spiro atoms. The van der Waals surface area contributed by atoms with Gasteiger partial charge in [0.2, 0.25) is 0 Å². The second-order valence-electron chi connectivity index (χ2n) is 7.89. The van der Waals surface area contributed by atoms with Crippen molar-refractivity contribution in [3.63, 3.8) is 0 Å². The summed E-state index contributed by atoms with van der Waals surface area (Å²) in [7, 11) is 0. The van der Waals surface area contributed by atoms with Crippen molar-refractivity contribution >= 4 is 11.6 Å². The van der Waals surface area contributed by atoms with Crippen molar-refractivity contribution in [2.75, 3.05) is 0 Å².